The normalized spacial score (nSPS) is 19.1. The Bertz CT molecular complexity index is 1410. The Morgan fingerprint density at radius 1 is 1.28 bits per heavy atom. The number of aliphatic carboxylic acids is 1. The quantitative estimate of drug-likeness (QED) is 0.234. The maximum Gasteiger partial charge on any atom is 0.352 e. The third-order valence-corrected chi connectivity index (χ3v) is 9.42. The van der Waals surface area contributed by atoms with E-state index in [-0.39, 0.29) is 22.4 Å². The molecular formula is C20H17Cl2N5O6S3. The summed E-state index contributed by atoms with van der Waals surface area (Å²) in [5.41, 5.74) is -1.35. The fourth-order valence-corrected chi connectivity index (χ4v) is 7.19. The van der Waals surface area contributed by atoms with Crippen LogP contribution in [0, 0.1) is 0 Å². The minimum Gasteiger partial charge on any atom is -0.477 e. The molecule has 2 aliphatic rings. The van der Waals surface area contributed by atoms with Gasteiger partial charge in [-0.25, -0.2) is 9.89 Å². The molecule has 36 heavy (non-hydrogen) atoms. The molecule has 2 atom stereocenters. The predicted octanol–water partition coefficient (Wildman–Crippen LogP) is 1.40. The molecule has 0 saturated carbocycles. The molecule has 2 amide bonds. The molecule has 2 aliphatic heterocycles. The molecule has 1 saturated heterocycles. The highest BCUT2D eigenvalue weighted by Crippen LogP contribution is 2.41. The van der Waals surface area contributed by atoms with Gasteiger partial charge in [-0.05, 0) is 23.8 Å². The Morgan fingerprint density at radius 2 is 2.03 bits per heavy atom. The number of halogens is 2. The maximum atomic E-state index is 12.8. The van der Waals surface area contributed by atoms with Gasteiger partial charge in [0.25, 0.3) is 5.91 Å². The largest absolute Gasteiger partial charge is 0.477 e. The average Bonchev–Trinajstić information content (AvgIpc) is 2.85. The number of benzene rings is 1. The van der Waals surface area contributed by atoms with Crippen molar-refractivity contribution in [1.82, 2.24) is 25.0 Å². The number of nitrogens with zero attached hydrogens (tertiary/aromatic N) is 3. The van der Waals surface area contributed by atoms with Crippen molar-refractivity contribution in [3.8, 4) is 0 Å². The van der Waals surface area contributed by atoms with E-state index in [1.807, 2.05) is 0 Å². The number of thioether (sulfide) groups is 3. The highest BCUT2D eigenvalue weighted by Gasteiger charge is 2.54. The Kier molecular flexibility index (Phi) is 8.09. The van der Waals surface area contributed by atoms with Crippen LogP contribution in [-0.4, -0.2) is 71.2 Å². The lowest BCUT2D eigenvalue weighted by atomic mass is 10.0. The third-order valence-electron chi connectivity index (χ3n) is 5.23. The zero-order valence-corrected chi connectivity index (χ0v) is 22.3. The molecule has 16 heteroatoms. The average molecular weight is 590 g/mol. The molecule has 0 radical (unpaired) electrons. The fourth-order valence-electron chi connectivity index (χ4n) is 3.48. The molecule has 11 nitrogen and oxygen atoms in total. The number of rotatable bonds is 8. The van der Waals surface area contributed by atoms with Gasteiger partial charge in [0.15, 0.2) is 5.16 Å². The van der Waals surface area contributed by atoms with Gasteiger partial charge in [-0.2, -0.15) is 0 Å². The van der Waals surface area contributed by atoms with E-state index in [1.165, 1.54) is 30.6 Å². The van der Waals surface area contributed by atoms with E-state index in [2.05, 4.69) is 15.5 Å². The highest BCUT2D eigenvalue weighted by molar-refractivity contribution is 8.01. The standard InChI is InChI=1S/C20H17Cl2N5O6S3/c1-26-17(31)15(29)24-25-20(26)36-6-8-5-35-18-13(16(30)27(18)14(8)19(32)33)23-12(28)7-34-11-4-9(21)2-3-10(11)22/h2-4,13,18H,5-7H2,1H3,(H,23,28)(H,24,29)(H,32,33)/t13?,18-/m1/s1. The molecular weight excluding hydrogens is 573 g/mol. The van der Waals surface area contributed by atoms with E-state index in [1.54, 1.807) is 18.2 Å². The number of hydrogen-bond acceptors (Lipinski definition) is 9. The monoisotopic (exact) mass is 589 g/mol. The summed E-state index contributed by atoms with van der Waals surface area (Å²) in [5, 5.41) is 19.0. The van der Waals surface area contributed by atoms with Crippen molar-refractivity contribution >= 4 is 76.3 Å². The SMILES string of the molecule is Cn1c(SCC2=C(C(=O)O)N3C(=O)C(NC(=O)CSc4cc(Cl)ccc4Cl)[C@H]3SC2)n[nH]c(=O)c1=O. The smallest absolute Gasteiger partial charge is 0.352 e. The number of hydrogen-bond donors (Lipinski definition) is 3. The molecule has 0 bridgehead atoms. The number of aromatic amines is 1. The fraction of sp³-hybridized carbons (Fsp3) is 0.300. The zero-order chi connectivity index (χ0) is 26.1. The molecule has 0 aliphatic carbocycles. The second kappa shape index (κ2) is 10.9. The van der Waals surface area contributed by atoms with Crippen LogP contribution in [0.5, 0.6) is 0 Å². The number of fused-ring (bicyclic) bond motifs is 1. The first-order valence-electron chi connectivity index (χ1n) is 10.1. The van der Waals surface area contributed by atoms with Crippen LogP contribution in [0.25, 0.3) is 0 Å². The minimum atomic E-state index is -1.27. The summed E-state index contributed by atoms with van der Waals surface area (Å²) >= 11 is 15.6. The van der Waals surface area contributed by atoms with Gasteiger partial charge in [0, 0.05) is 28.5 Å². The van der Waals surface area contributed by atoms with E-state index in [9.17, 15) is 29.1 Å². The van der Waals surface area contributed by atoms with Crippen molar-refractivity contribution in [2.45, 2.75) is 21.5 Å². The van der Waals surface area contributed by atoms with Crippen LogP contribution in [0.3, 0.4) is 0 Å². The number of aromatic nitrogens is 3. The Hall–Kier alpha value is -2.39. The lowest BCUT2D eigenvalue weighted by molar-refractivity contribution is -0.150. The van der Waals surface area contributed by atoms with Gasteiger partial charge >= 0.3 is 17.1 Å². The number of H-pyrrole nitrogens is 1. The van der Waals surface area contributed by atoms with E-state index < -0.39 is 40.3 Å². The molecule has 1 unspecified atom stereocenters. The van der Waals surface area contributed by atoms with Crippen LogP contribution in [-0.2, 0) is 21.4 Å². The van der Waals surface area contributed by atoms with Crippen molar-refractivity contribution in [3.05, 3.63) is 60.2 Å². The number of carboxylic acid groups (broad SMARTS) is 1. The molecule has 1 aromatic carbocycles. The second-order valence-corrected chi connectivity index (χ2v) is 11.5. The van der Waals surface area contributed by atoms with Gasteiger partial charge in [-0.3, -0.25) is 28.6 Å². The summed E-state index contributed by atoms with van der Waals surface area (Å²) < 4.78 is 1.07. The summed E-state index contributed by atoms with van der Waals surface area (Å²) in [6.07, 6.45) is 0. The number of amides is 2. The molecule has 1 fully saturated rings. The van der Waals surface area contributed by atoms with Crippen LogP contribution in [0.2, 0.25) is 10.0 Å². The number of carbonyl (C=O) groups is 3. The van der Waals surface area contributed by atoms with Crippen LogP contribution >= 0.6 is 58.5 Å². The second-order valence-electron chi connectivity index (χ2n) is 7.56. The Morgan fingerprint density at radius 3 is 2.75 bits per heavy atom. The summed E-state index contributed by atoms with van der Waals surface area (Å²) in [6.45, 7) is 0. The van der Waals surface area contributed by atoms with Gasteiger partial charge in [-0.1, -0.05) is 35.0 Å². The van der Waals surface area contributed by atoms with Gasteiger partial charge in [0.2, 0.25) is 5.91 Å². The van der Waals surface area contributed by atoms with Crippen LogP contribution < -0.4 is 16.4 Å². The summed E-state index contributed by atoms with van der Waals surface area (Å²) in [5.74, 6) is -1.79. The first kappa shape index (κ1) is 26.7. The predicted molar refractivity (Wildman–Crippen MR) is 138 cm³/mol. The van der Waals surface area contributed by atoms with E-state index in [0.717, 1.165) is 21.2 Å². The lowest BCUT2D eigenvalue weighted by Crippen LogP contribution is -2.70. The summed E-state index contributed by atoms with van der Waals surface area (Å²) in [4.78, 5) is 62.3. The van der Waals surface area contributed by atoms with Crippen LogP contribution in [0.15, 0.2) is 49.1 Å². The number of β-lactam (4-membered cyclic amide) rings is 1. The number of carboxylic acids is 1. The van der Waals surface area contributed by atoms with E-state index in [0.29, 0.717) is 26.3 Å². The van der Waals surface area contributed by atoms with Crippen LogP contribution in [0.4, 0.5) is 0 Å². The van der Waals surface area contributed by atoms with Gasteiger partial charge in [0.05, 0.1) is 10.8 Å². The summed E-state index contributed by atoms with van der Waals surface area (Å²) in [7, 11) is 1.38. The third kappa shape index (κ3) is 5.32. The molecule has 190 valence electrons. The molecule has 4 rings (SSSR count). The lowest BCUT2D eigenvalue weighted by Gasteiger charge is -2.49. The van der Waals surface area contributed by atoms with Crippen molar-refractivity contribution in [2.75, 3.05) is 17.3 Å². The zero-order valence-electron chi connectivity index (χ0n) is 18.3. The Labute approximate surface area is 226 Å². The summed E-state index contributed by atoms with van der Waals surface area (Å²) in [6, 6.07) is 4.04. The molecule has 0 spiro atoms. The Balaban J connectivity index is 1.42. The van der Waals surface area contributed by atoms with Crippen molar-refractivity contribution in [3.63, 3.8) is 0 Å². The maximum absolute atomic E-state index is 12.8. The number of carbonyl (C=O) groups excluding carboxylic acids is 2. The van der Waals surface area contributed by atoms with Crippen molar-refractivity contribution in [2.24, 2.45) is 7.05 Å². The van der Waals surface area contributed by atoms with Gasteiger partial charge in [-0.15, -0.1) is 28.6 Å². The van der Waals surface area contributed by atoms with Crippen LogP contribution in [0.1, 0.15) is 0 Å². The topological polar surface area (TPSA) is 154 Å². The molecule has 3 heterocycles. The number of nitrogens with one attached hydrogen (secondary N) is 2. The van der Waals surface area contributed by atoms with Crippen molar-refractivity contribution < 1.29 is 19.5 Å². The van der Waals surface area contributed by atoms with Crippen molar-refractivity contribution in [1.29, 1.82) is 0 Å². The van der Waals surface area contributed by atoms with E-state index in [4.69, 9.17) is 23.2 Å². The first-order valence-corrected chi connectivity index (χ1v) is 13.9. The van der Waals surface area contributed by atoms with Gasteiger partial charge in [0.1, 0.15) is 17.1 Å². The molecule has 3 N–H and O–H groups in total. The first-order chi connectivity index (χ1) is 17.1. The van der Waals surface area contributed by atoms with E-state index >= 15 is 0 Å². The highest BCUT2D eigenvalue weighted by atomic mass is 35.5. The molecule has 1 aromatic heterocycles. The minimum absolute atomic E-state index is 0.00433. The van der Waals surface area contributed by atoms with Gasteiger partial charge < -0.3 is 10.4 Å². The molecule has 2 aromatic rings.